The lowest BCUT2D eigenvalue weighted by atomic mass is 10.2. The van der Waals surface area contributed by atoms with E-state index in [4.69, 9.17) is 33.2 Å². The van der Waals surface area contributed by atoms with Crippen LogP contribution in [-0.4, -0.2) is 12.1 Å². The van der Waals surface area contributed by atoms with Crippen LogP contribution in [0, 0.1) is 11.3 Å². The highest BCUT2D eigenvalue weighted by Crippen LogP contribution is 2.34. The van der Waals surface area contributed by atoms with Crippen LogP contribution < -0.4 is 10.1 Å². The van der Waals surface area contributed by atoms with Crippen molar-refractivity contribution in [3.63, 3.8) is 0 Å². The van der Waals surface area contributed by atoms with Crippen LogP contribution in [0.4, 0.5) is 0 Å². The Labute approximate surface area is 123 Å². The number of hydrogen-bond acceptors (Lipinski definition) is 3. The number of hydrogen-bond donors (Lipinski definition) is 1. The Morgan fingerprint density at radius 2 is 2.21 bits per heavy atom. The maximum atomic E-state index is 8.99. The Kier molecular flexibility index (Phi) is 4.93. The van der Waals surface area contributed by atoms with E-state index in [1.165, 1.54) is 12.8 Å². The summed E-state index contributed by atoms with van der Waals surface area (Å²) in [6, 6.07) is 6.18. The van der Waals surface area contributed by atoms with E-state index < -0.39 is 6.10 Å². The number of nitrogens with one attached hydrogen (secondary N) is 1. The molecule has 1 aromatic rings. The highest BCUT2D eigenvalue weighted by Gasteiger charge is 2.22. The predicted molar refractivity (Wildman–Crippen MR) is 76.6 cm³/mol. The average Bonchev–Trinajstić information content (AvgIpc) is 3.19. The minimum absolute atomic E-state index is 0.453. The summed E-state index contributed by atoms with van der Waals surface area (Å²) in [5, 5.41) is 13.4. The molecular formula is C14H16Cl2N2O. The molecule has 0 aliphatic heterocycles. The Balaban J connectivity index is 2.19. The maximum absolute atomic E-state index is 8.99. The summed E-state index contributed by atoms with van der Waals surface area (Å²) in [5.74, 6) is 0.563. The largest absolute Gasteiger partial charge is 0.474 e. The van der Waals surface area contributed by atoms with E-state index >= 15 is 0 Å². The van der Waals surface area contributed by atoms with Crippen molar-refractivity contribution in [1.29, 1.82) is 5.26 Å². The normalized spacial score (nSPS) is 15.9. The van der Waals surface area contributed by atoms with Crippen LogP contribution in [0.3, 0.4) is 0 Å². The summed E-state index contributed by atoms with van der Waals surface area (Å²) in [6.07, 6.45) is 2.55. The van der Waals surface area contributed by atoms with Gasteiger partial charge in [0.2, 0.25) is 0 Å². The van der Waals surface area contributed by atoms with Crippen LogP contribution in [0.1, 0.15) is 31.7 Å². The second kappa shape index (κ2) is 6.47. The number of nitrogens with zero attached hydrogens (tertiary/aromatic N) is 1. The van der Waals surface area contributed by atoms with E-state index in [-0.39, 0.29) is 0 Å². The van der Waals surface area contributed by atoms with Gasteiger partial charge in [-0.05, 0) is 31.4 Å². The topological polar surface area (TPSA) is 45.0 Å². The lowest BCUT2D eigenvalue weighted by Gasteiger charge is -2.17. The molecule has 0 radical (unpaired) electrons. The van der Waals surface area contributed by atoms with Crippen molar-refractivity contribution in [2.24, 2.45) is 0 Å². The number of ether oxygens (including phenoxy) is 1. The Morgan fingerprint density at radius 1 is 1.47 bits per heavy atom. The summed E-state index contributed by atoms with van der Waals surface area (Å²) in [4.78, 5) is 0. The molecule has 0 aromatic heterocycles. The van der Waals surface area contributed by atoms with E-state index in [0.29, 0.717) is 34.8 Å². The van der Waals surface area contributed by atoms with Crippen LogP contribution in [-0.2, 0) is 6.54 Å². The highest BCUT2D eigenvalue weighted by atomic mass is 35.5. The summed E-state index contributed by atoms with van der Waals surface area (Å²) in [7, 11) is 0. The first-order valence-electron chi connectivity index (χ1n) is 6.41. The predicted octanol–water partition coefficient (Wildman–Crippen LogP) is 3.93. The van der Waals surface area contributed by atoms with Gasteiger partial charge in [0, 0.05) is 23.2 Å². The molecule has 0 bridgehead atoms. The van der Waals surface area contributed by atoms with Crippen molar-refractivity contribution in [3.8, 4) is 11.8 Å². The van der Waals surface area contributed by atoms with Crippen LogP contribution >= 0.6 is 23.2 Å². The zero-order chi connectivity index (χ0) is 13.8. The quantitative estimate of drug-likeness (QED) is 0.865. The molecule has 19 heavy (non-hydrogen) atoms. The van der Waals surface area contributed by atoms with Gasteiger partial charge in [-0.25, -0.2) is 0 Å². The van der Waals surface area contributed by atoms with Gasteiger partial charge in [0.05, 0.1) is 5.02 Å². The maximum Gasteiger partial charge on any atom is 0.184 e. The van der Waals surface area contributed by atoms with Gasteiger partial charge in [-0.1, -0.05) is 30.1 Å². The lowest BCUT2D eigenvalue weighted by Crippen LogP contribution is -2.18. The molecule has 1 atom stereocenters. The molecule has 1 unspecified atom stereocenters. The molecule has 1 aliphatic rings. The number of rotatable bonds is 6. The van der Waals surface area contributed by atoms with E-state index in [1.54, 1.807) is 6.07 Å². The molecule has 102 valence electrons. The van der Waals surface area contributed by atoms with Crippen molar-refractivity contribution < 1.29 is 4.74 Å². The van der Waals surface area contributed by atoms with Crippen molar-refractivity contribution in [2.75, 3.05) is 0 Å². The Hall–Kier alpha value is -0.950. The van der Waals surface area contributed by atoms with E-state index in [0.717, 1.165) is 5.56 Å². The molecule has 2 rings (SSSR count). The van der Waals surface area contributed by atoms with Crippen LogP contribution in [0.15, 0.2) is 12.1 Å². The third kappa shape index (κ3) is 4.01. The standard InChI is InChI=1S/C14H16Cl2N2O/c1-2-12(7-17)19-14-9(8-18-11-3-4-11)5-10(15)6-13(14)16/h5-6,11-12,18H,2-4,8H2,1H3. The first-order valence-corrected chi connectivity index (χ1v) is 7.17. The lowest BCUT2D eigenvalue weighted by molar-refractivity contribution is 0.249. The number of nitriles is 1. The molecule has 0 amide bonds. The van der Waals surface area contributed by atoms with E-state index in [2.05, 4.69) is 11.4 Å². The number of benzene rings is 1. The molecule has 0 heterocycles. The van der Waals surface area contributed by atoms with Gasteiger partial charge in [0.25, 0.3) is 0 Å². The zero-order valence-electron chi connectivity index (χ0n) is 10.7. The summed E-state index contributed by atoms with van der Waals surface area (Å²) < 4.78 is 5.69. The number of halogens is 2. The summed E-state index contributed by atoms with van der Waals surface area (Å²) in [5.41, 5.74) is 0.901. The molecule has 1 N–H and O–H groups in total. The van der Waals surface area contributed by atoms with E-state index in [1.807, 2.05) is 13.0 Å². The SMILES string of the molecule is CCC(C#N)Oc1c(Cl)cc(Cl)cc1CNC1CC1. The summed E-state index contributed by atoms with van der Waals surface area (Å²) in [6.45, 7) is 2.56. The van der Waals surface area contributed by atoms with Gasteiger partial charge in [-0.15, -0.1) is 0 Å². The molecule has 5 heteroatoms. The summed E-state index contributed by atoms with van der Waals surface area (Å²) >= 11 is 12.2. The van der Waals surface area contributed by atoms with Crippen LogP contribution in [0.25, 0.3) is 0 Å². The zero-order valence-corrected chi connectivity index (χ0v) is 12.3. The van der Waals surface area contributed by atoms with E-state index in [9.17, 15) is 0 Å². The van der Waals surface area contributed by atoms with Gasteiger partial charge < -0.3 is 10.1 Å². The Morgan fingerprint density at radius 3 is 2.79 bits per heavy atom. The van der Waals surface area contributed by atoms with Crippen LogP contribution in [0.2, 0.25) is 10.0 Å². The second-order valence-corrected chi connectivity index (χ2v) is 5.52. The van der Waals surface area contributed by atoms with Gasteiger partial charge in [0.1, 0.15) is 11.8 Å². The van der Waals surface area contributed by atoms with Gasteiger partial charge in [0.15, 0.2) is 6.10 Å². The average molecular weight is 299 g/mol. The molecular weight excluding hydrogens is 283 g/mol. The molecule has 1 aliphatic carbocycles. The van der Waals surface area contributed by atoms with Gasteiger partial charge in [-0.2, -0.15) is 5.26 Å². The van der Waals surface area contributed by atoms with Crippen molar-refractivity contribution in [3.05, 3.63) is 27.7 Å². The van der Waals surface area contributed by atoms with Gasteiger partial charge >= 0.3 is 0 Å². The first-order chi connectivity index (χ1) is 9.13. The minimum Gasteiger partial charge on any atom is -0.474 e. The van der Waals surface area contributed by atoms with Crippen molar-refractivity contribution in [1.82, 2.24) is 5.32 Å². The second-order valence-electron chi connectivity index (χ2n) is 4.67. The fourth-order valence-electron chi connectivity index (χ4n) is 1.76. The van der Waals surface area contributed by atoms with Crippen molar-refractivity contribution >= 4 is 23.2 Å². The molecule has 0 saturated heterocycles. The van der Waals surface area contributed by atoms with Crippen molar-refractivity contribution in [2.45, 2.75) is 44.9 Å². The minimum atomic E-state index is -0.488. The van der Waals surface area contributed by atoms with Gasteiger partial charge in [-0.3, -0.25) is 0 Å². The fraction of sp³-hybridized carbons (Fsp3) is 0.500. The Bertz CT molecular complexity index is 495. The molecule has 3 nitrogen and oxygen atoms in total. The monoisotopic (exact) mass is 298 g/mol. The first kappa shape index (κ1) is 14.5. The third-order valence-electron chi connectivity index (χ3n) is 3.02. The third-order valence-corrected chi connectivity index (χ3v) is 3.52. The molecule has 1 saturated carbocycles. The van der Waals surface area contributed by atoms with Crippen LogP contribution in [0.5, 0.6) is 5.75 Å². The molecule has 1 fully saturated rings. The molecule has 0 spiro atoms. The fourth-order valence-corrected chi connectivity index (χ4v) is 2.34. The smallest absolute Gasteiger partial charge is 0.184 e. The molecule has 1 aromatic carbocycles. The highest BCUT2D eigenvalue weighted by molar-refractivity contribution is 6.35.